The second-order valence-corrected chi connectivity index (χ2v) is 7.04. The molecule has 1 aromatic carbocycles. The summed E-state index contributed by atoms with van der Waals surface area (Å²) < 4.78 is 24.1. The zero-order valence-corrected chi connectivity index (χ0v) is 15.0. The van der Waals surface area contributed by atoms with E-state index in [9.17, 15) is 9.18 Å². The number of carbonyl (C=O) groups is 1. The minimum Gasteiger partial charge on any atom is -0.489 e. The van der Waals surface area contributed by atoms with E-state index in [4.69, 9.17) is 9.47 Å². The number of rotatable bonds is 7. The lowest BCUT2D eigenvalue weighted by molar-refractivity contribution is -0.118. The van der Waals surface area contributed by atoms with Crippen LogP contribution in [0.3, 0.4) is 0 Å². The second-order valence-electron chi connectivity index (χ2n) is 7.04. The lowest BCUT2D eigenvalue weighted by atomic mass is 10.1. The van der Waals surface area contributed by atoms with Crippen molar-refractivity contribution in [1.82, 2.24) is 0 Å². The fourth-order valence-electron chi connectivity index (χ4n) is 3.02. The van der Waals surface area contributed by atoms with E-state index in [0.29, 0.717) is 24.7 Å². The Hall–Kier alpha value is -1.88. The lowest BCUT2D eigenvalue weighted by Gasteiger charge is -2.13. The van der Waals surface area contributed by atoms with Crippen LogP contribution >= 0.6 is 0 Å². The molecular formula is C19H26FNO3. The number of hydrogen-bond donors (Lipinski definition) is 1. The Labute approximate surface area is 143 Å². The number of carbonyl (C=O) groups excluding carboxylic acids is 1. The van der Waals surface area contributed by atoms with Crippen LogP contribution in [-0.2, 0) is 9.53 Å². The zero-order valence-electron chi connectivity index (χ0n) is 15.0. The van der Waals surface area contributed by atoms with E-state index in [2.05, 4.69) is 25.2 Å². The van der Waals surface area contributed by atoms with Crippen molar-refractivity contribution in [3.63, 3.8) is 0 Å². The van der Waals surface area contributed by atoms with Crippen molar-refractivity contribution in [1.29, 1.82) is 0 Å². The second kappa shape index (κ2) is 7.34. The van der Waals surface area contributed by atoms with Gasteiger partial charge in [-0.25, -0.2) is 4.39 Å². The van der Waals surface area contributed by atoms with Gasteiger partial charge in [-0.3, -0.25) is 4.79 Å². The van der Waals surface area contributed by atoms with Gasteiger partial charge >= 0.3 is 0 Å². The molecule has 132 valence electrons. The van der Waals surface area contributed by atoms with E-state index in [-0.39, 0.29) is 23.2 Å². The van der Waals surface area contributed by atoms with Gasteiger partial charge in [0.25, 0.3) is 0 Å². The predicted molar refractivity (Wildman–Crippen MR) is 92.6 cm³/mol. The van der Waals surface area contributed by atoms with E-state index in [1.807, 2.05) is 13.8 Å². The summed E-state index contributed by atoms with van der Waals surface area (Å²) >= 11 is 0. The summed E-state index contributed by atoms with van der Waals surface area (Å²) in [5, 5.41) is 2.83. The van der Waals surface area contributed by atoms with Gasteiger partial charge in [0, 0.05) is 13.2 Å². The van der Waals surface area contributed by atoms with Gasteiger partial charge in [0.15, 0.2) is 0 Å². The predicted octanol–water partition coefficient (Wildman–Crippen LogP) is 4.03. The van der Waals surface area contributed by atoms with E-state index in [1.165, 1.54) is 23.8 Å². The first-order valence-corrected chi connectivity index (χ1v) is 8.14. The highest BCUT2D eigenvalue weighted by Crippen LogP contribution is 2.59. The molecule has 0 aliphatic heterocycles. The quantitative estimate of drug-likeness (QED) is 0.604. The molecular weight excluding hydrogens is 309 g/mol. The Morgan fingerprint density at radius 1 is 1.33 bits per heavy atom. The number of ether oxygens (including phenoxy) is 2. The molecule has 1 amide bonds. The molecule has 1 aliphatic carbocycles. The van der Waals surface area contributed by atoms with E-state index >= 15 is 0 Å². The van der Waals surface area contributed by atoms with Crippen molar-refractivity contribution in [2.75, 3.05) is 25.6 Å². The number of nitrogens with one attached hydrogen (secondary N) is 1. The number of amides is 1. The van der Waals surface area contributed by atoms with Crippen LogP contribution in [0.2, 0.25) is 0 Å². The maximum absolute atomic E-state index is 13.6. The van der Waals surface area contributed by atoms with Gasteiger partial charge in [-0.1, -0.05) is 25.5 Å². The summed E-state index contributed by atoms with van der Waals surface area (Å²) in [6, 6.07) is 4.11. The molecule has 1 fully saturated rings. The summed E-state index contributed by atoms with van der Waals surface area (Å²) in [5.41, 5.74) is 1.46. The normalized spacial score (nSPS) is 21.1. The summed E-state index contributed by atoms with van der Waals surface area (Å²) in [6.07, 6.45) is 2.13. The highest BCUT2D eigenvalue weighted by atomic mass is 19.1. The number of methoxy groups -OCH3 is 1. The molecule has 0 radical (unpaired) electrons. The Morgan fingerprint density at radius 3 is 2.67 bits per heavy atom. The highest BCUT2D eigenvalue weighted by molar-refractivity contribution is 5.97. The van der Waals surface area contributed by atoms with Crippen molar-refractivity contribution in [2.24, 2.45) is 17.3 Å². The van der Waals surface area contributed by atoms with Crippen LogP contribution in [0.1, 0.15) is 27.7 Å². The SMILES string of the molecule is COCCOc1ccc(F)cc1NC(=O)C1C(C=C(C)C)C1(C)C. The van der Waals surface area contributed by atoms with Gasteiger partial charge in [-0.05, 0) is 37.3 Å². The number of allylic oxidation sites excluding steroid dienone is 2. The molecule has 0 spiro atoms. The maximum Gasteiger partial charge on any atom is 0.228 e. The number of benzene rings is 1. The summed E-state index contributed by atoms with van der Waals surface area (Å²) in [6.45, 7) is 8.95. The lowest BCUT2D eigenvalue weighted by Crippen LogP contribution is -2.18. The molecule has 2 rings (SSSR count). The molecule has 4 nitrogen and oxygen atoms in total. The number of hydrogen-bond acceptors (Lipinski definition) is 3. The van der Waals surface area contributed by atoms with Gasteiger partial charge in [0.1, 0.15) is 18.2 Å². The Kier molecular flexibility index (Phi) is 5.65. The third kappa shape index (κ3) is 4.15. The van der Waals surface area contributed by atoms with Gasteiger partial charge in [0.05, 0.1) is 18.2 Å². The van der Waals surface area contributed by atoms with Crippen LogP contribution in [-0.4, -0.2) is 26.2 Å². The average molecular weight is 335 g/mol. The maximum atomic E-state index is 13.6. The molecule has 0 aromatic heterocycles. The van der Waals surface area contributed by atoms with Gasteiger partial charge in [-0.15, -0.1) is 0 Å². The largest absolute Gasteiger partial charge is 0.489 e. The fraction of sp³-hybridized carbons (Fsp3) is 0.526. The summed E-state index contributed by atoms with van der Waals surface area (Å²) in [5.74, 6) is 0.000389. The first-order valence-electron chi connectivity index (χ1n) is 8.14. The van der Waals surface area contributed by atoms with E-state index in [0.717, 1.165) is 0 Å². The summed E-state index contributed by atoms with van der Waals surface area (Å²) in [4.78, 5) is 12.6. The fourth-order valence-corrected chi connectivity index (χ4v) is 3.02. The molecule has 0 heterocycles. The molecule has 2 unspecified atom stereocenters. The van der Waals surface area contributed by atoms with Gasteiger partial charge < -0.3 is 14.8 Å². The first-order chi connectivity index (χ1) is 11.3. The standard InChI is InChI=1S/C19H26FNO3/c1-12(2)10-14-17(19(14,3)4)18(22)21-15-11-13(20)6-7-16(15)24-9-8-23-5/h6-7,10-11,14,17H,8-9H2,1-5H3,(H,21,22). The van der Waals surface area contributed by atoms with Crippen LogP contribution in [0.5, 0.6) is 5.75 Å². The van der Waals surface area contributed by atoms with E-state index in [1.54, 1.807) is 7.11 Å². The monoisotopic (exact) mass is 335 g/mol. The van der Waals surface area contributed by atoms with Crippen LogP contribution in [0, 0.1) is 23.1 Å². The van der Waals surface area contributed by atoms with E-state index < -0.39 is 5.82 Å². The Balaban J connectivity index is 2.11. The third-order valence-corrected chi connectivity index (χ3v) is 4.45. The van der Waals surface area contributed by atoms with Crippen molar-refractivity contribution >= 4 is 11.6 Å². The summed E-state index contributed by atoms with van der Waals surface area (Å²) in [7, 11) is 1.58. The van der Waals surface area contributed by atoms with Crippen molar-refractivity contribution in [3.8, 4) is 5.75 Å². The minimum absolute atomic E-state index is 0.0915. The minimum atomic E-state index is -0.416. The Morgan fingerprint density at radius 2 is 2.04 bits per heavy atom. The molecule has 5 heteroatoms. The molecule has 1 N–H and O–H groups in total. The molecule has 1 aliphatic rings. The number of anilines is 1. The first kappa shape index (κ1) is 18.5. The van der Waals surface area contributed by atoms with Crippen molar-refractivity contribution in [3.05, 3.63) is 35.7 Å². The molecule has 2 atom stereocenters. The molecule has 1 aromatic rings. The van der Waals surface area contributed by atoms with Crippen LogP contribution in [0.25, 0.3) is 0 Å². The van der Waals surface area contributed by atoms with Crippen molar-refractivity contribution < 1.29 is 18.7 Å². The Bertz CT molecular complexity index is 635. The van der Waals surface area contributed by atoms with Gasteiger partial charge in [-0.2, -0.15) is 0 Å². The highest BCUT2D eigenvalue weighted by Gasteiger charge is 2.60. The zero-order chi connectivity index (χ0) is 17.9. The van der Waals surface area contributed by atoms with Crippen molar-refractivity contribution in [2.45, 2.75) is 27.7 Å². The van der Waals surface area contributed by atoms with Crippen LogP contribution in [0.4, 0.5) is 10.1 Å². The third-order valence-electron chi connectivity index (χ3n) is 4.45. The average Bonchev–Trinajstić information content (AvgIpc) is 3.01. The van der Waals surface area contributed by atoms with Crippen LogP contribution < -0.4 is 10.1 Å². The van der Waals surface area contributed by atoms with Crippen LogP contribution in [0.15, 0.2) is 29.8 Å². The smallest absolute Gasteiger partial charge is 0.228 e. The molecule has 24 heavy (non-hydrogen) atoms. The topological polar surface area (TPSA) is 47.6 Å². The molecule has 0 bridgehead atoms. The molecule has 0 saturated heterocycles. The van der Waals surface area contributed by atoms with Gasteiger partial charge in [0.2, 0.25) is 5.91 Å². The number of halogens is 1. The molecule has 1 saturated carbocycles.